The van der Waals surface area contributed by atoms with Crippen LogP contribution in [-0.2, 0) is 25.1 Å². The third kappa shape index (κ3) is 6.57. The summed E-state index contributed by atoms with van der Waals surface area (Å²) in [4.78, 5) is 57.3. The number of rotatable bonds is 10. The Hall–Kier alpha value is -1.47. The molecule has 14 nitrogen and oxygen atoms in total. The minimum atomic E-state index is -4.79. The second-order valence-electron chi connectivity index (χ2n) is 5.49. The number of ether oxygens (including phenoxy) is 2. The second-order valence-corrected chi connectivity index (χ2v) is 8.85. The number of aromatic nitrogens is 4. The van der Waals surface area contributed by atoms with Crippen LogP contribution in [0.5, 0.6) is 0 Å². The minimum absolute atomic E-state index is 0.0441. The van der Waals surface area contributed by atoms with Crippen molar-refractivity contribution >= 4 is 26.4 Å². The van der Waals surface area contributed by atoms with Gasteiger partial charge in [0.15, 0.2) is 17.0 Å². The quantitative estimate of drug-likeness (QED) is 0.230. The van der Waals surface area contributed by atoms with Crippen molar-refractivity contribution in [3.8, 4) is 0 Å². The predicted octanol–water partition coefficient (Wildman–Crippen LogP) is -1.85. The minimum Gasteiger partial charge on any atom is -0.378 e. The van der Waals surface area contributed by atoms with Crippen LogP contribution in [0.4, 0.5) is 0 Å². The van der Waals surface area contributed by atoms with Crippen LogP contribution in [0.3, 0.4) is 0 Å². The number of hydrogen-bond donors (Lipinski definition) is 6. The predicted molar refractivity (Wildman–Crippen MR) is 88.8 cm³/mol. The Kier molecular flexibility index (Phi) is 7.03. The molecule has 0 aliphatic rings. The Morgan fingerprint density at radius 3 is 2.52 bits per heavy atom. The first kappa shape index (κ1) is 21.8. The number of hydrogen-bond acceptors (Lipinski definition) is 8. The van der Waals surface area contributed by atoms with Crippen LogP contribution in [0.15, 0.2) is 17.4 Å². The van der Waals surface area contributed by atoms with Crippen LogP contribution in [0, 0.1) is 0 Å². The van der Waals surface area contributed by atoms with Gasteiger partial charge in [-0.15, -0.1) is 0 Å². The van der Waals surface area contributed by atoms with Gasteiger partial charge in [0, 0.05) is 0 Å². The molecule has 6 N–H and O–H groups in total. The molecule has 0 saturated heterocycles. The topological polar surface area (TPSA) is 217 Å². The van der Waals surface area contributed by atoms with Crippen LogP contribution in [0.2, 0.25) is 0 Å². The molecule has 0 fully saturated rings. The lowest BCUT2D eigenvalue weighted by Crippen LogP contribution is -2.29. The summed E-state index contributed by atoms with van der Waals surface area (Å²) in [6.45, 7) is -1.21. The number of aromatic amines is 1. The molecule has 0 aliphatic carbocycles. The van der Waals surface area contributed by atoms with Crippen LogP contribution >= 0.6 is 15.2 Å². The van der Waals surface area contributed by atoms with Gasteiger partial charge in [0.1, 0.15) is 6.35 Å². The van der Waals surface area contributed by atoms with E-state index in [1.807, 2.05) is 0 Å². The summed E-state index contributed by atoms with van der Waals surface area (Å²) in [5.74, 6) is -2.08. The molecule has 152 valence electrons. The van der Waals surface area contributed by atoms with Crippen molar-refractivity contribution in [3.05, 3.63) is 23.0 Å². The highest BCUT2D eigenvalue weighted by atomic mass is 31.2. The molecule has 0 aromatic carbocycles. The first-order valence-corrected chi connectivity index (χ1v) is 10.8. The van der Waals surface area contributed by atoms with E-state index in [9.17, 15) is 19.0 Å². The van der Waals surface area contributed by atoms with Crippen molar-refractivity contribution in [2.45, 2.75) is 18.5 Å². The van der Waals surface area contributed by atoms with Crippen molar-refractivity contribution in [3.63, 3.8) is 0 Å². The fourth-order valence-corrected chi connectivity index (χ4v) is 2.64. The molecule has 2 atom stereocenters. The molecule has 16 heteroatoms. The number of aliphatic hydroxyl groups excluding tert-OH is 1. The van der Waals surface area contributed by atoms with Gasteiger partial charge < -0.3 is 43.7 Å². The highest BCUT2D eigenvalue weighted by Crippen LogP contribution is 2.39. The van der Waals surface area contributed by atoms with E-state index < -0.39 is 45.7 Å². The first-order chi connectivity index (χ1) is 12.5. The van der Waals surface area contributed by atoms with E-state index in [4.69, 9.17) is 29.0 Å². The Morgan fingerprint density at radius 2 is 1.89 bits per heavy atom. The van der Waals surface area contributed by atoms with E-state index in [0.717, 1.165) is 6.33 Å². The number of imidazole rings is 1. The Balaban J connectivity index is 2.12. The zero-order valence-electron chi connectivity index (χ0n) is 13.7. The molecule has 1 unspecified atom stereocenters. The van der Waals surface area contributed by atoms with Gasteiger partial charge in [0.05, 0.1) is 38.5 Å². The highest BCUT2D eigenvalue weighted by molar-refractivity contribution is 7.52. The smallest absolute Gasteiger partial charge is 0.356 e. The molecule has 0 spiro atoms. The molecule has 0 bridgehead atoms. The average molecular weight is 428 g/mol. The average Bonchev–Trinajstić information content (AvgIpc) is 2.94. The first-order valence-electron chi connectivity index (χ1n) is 7.33. The van der Waals surface area contributed by atoms with Crippen molar-refractivity contribution in [1.82, 2.24) is 19.5 Å². The van der Waals surface area contributed by atoms with Crippen LogP contribution < -0.4 is 5.56 Å². The summed E-state index contributed by atoms with van der Waals surface area (Å²) in [6.07, 6.45) is 0.541. The van der Waals surface area contributed by atoms with E-state index in [-0.39, 0.29) is 24.3 Å². The number of nitrogens with zero attached hydrogens (tertiary/aromatic N) is 3. The van der Waals surface area contributed by atoms with Crippen molar-refractivity contribution in [2.75, 3.05) is 19.6 Å². The number of H-pyrrole nitrogens is 1. The van der Waals surface area contributed by atoms with E-state index in [1.54, 1.807) is 0 Å². The van der Waals surface area contributed by atoms with E-state index in [1.165, 1.54) is 10.9 Å². The number of nitrogens with one attached hydrogen (secondary N) is 1. The summed E-state index contributed by atoms with van der Waals surface area (Å²) in [5.41, 5.74) is -0.244. The fourth-order valence-electron chi connectivity index (χ4n) is 2.02. The maximum absolute atomic E-state index is 11.7. The van der Waals surface area contributed by atoms with Gasteiger partial charge >= 0.3 is 15.2 Å². The lowest BCUT2D eigenvalue weighted by atomic mass is 10.3. The van der Waals surface area contributed by atoms with Crippen molar-refractivity contribution in [2.24, 2.45) is 0 Å². The SMILES string of the molecule is O=c1[nH]cnc2c1ncn2C[C@@H](COCP(=O)(O)O)OCC(O)P(=O)(O)O. The third-order valence-corrected chi connectivity index (χ3v) is 4.68. The summed E-state index contributed by atoms with van der Waals surface area (Å²) < 4.78 is 33.3. The number of aliphatic hydroxyl groups is 1. The molecule has 2 rings (SSSR count). The van der Waals surface area contributed by atoms with Crippen LogP contribution in [0.25, 0.3) is 11.2 Å². The zero-order valence-corrected chi connectivity index (χ0v) is 15.4. The van der Waals surface area contributed by atoms with Gasteiger partial charge in [-0.3, -0.25) is 13.9 Å². The van der Waals surface area contributed by atoms with Crippen LogP contribution in [0.1, 0.15) is 0 Å². The molecule has 2 heterocycles. The molecular weight excluding hydrogens is 410 g/mol. The summed E-state index contributed by atoms with van der Waals surface area (Å²) in [5, 5.41) is 9.39. The van der Waals surface area contributed by atoms with Gasteiger partial charge in [-0.1, -0.05) is 0 Å². The standard InChI is InChI=1S/C11H18N4O10P2/c16-8(27(21,22)23)3-25-7(2-24-6-26(18,19)20)1-15-5-14-9-10(15)12-4-13-11(9)17/h4-5,7-8,16H,1-3,6H2,(H,12,13,17)(H2,18,19,20)(H2,21,22,23)/t7-,8?/m0/s1. The highest BCUT2D eigenvalue weighted by Gasteiger charge is 2.28. The maximum Gasteiger partial charge on any atom is 0.356 e. The maximum atomic E-state index is 11.7. The molecule has 0 amide bonds. The lowest BCUT2D eigenvalue weighted by molar-refractivity contribution is -0.0388. The Morgan fingerprint density at radius 1 is 1.19 bits per heavy atom. The monoisotopic (exact) mass is 428 g/mol. The van der Waals surface area contributed by atoms with E-state index >= 15 is 0 Å². The summed E-state index contributed by atoms with van der Waals surface area (Å²) in [6, 6.07) is 0. The van der Waals surface area contributed by atoms with Crippen molar-refractivity contribution in [1.29, 1.82) is 0 Å². The largest absolute Gasteiger partial charge is 0.378 e. The van der Waals surface area contributed by atoms with Gasteiger partial charge in [-0.25, -0.2) is 9.97 Å². The number of fused-ring (bicyclic) bond motifs is 1. The second kappa shape index (κ2) is 8.69. The van der Waals surface area contributed by atoms with Crippen LogP contribution in [-0.4, -0.2) is 75.7 Å². The molecule has 0 saturated carbocycles. The summed E-state index contributed by atoms with van der Waals surface area (Å²) in [7, 11) is -9.22. The zero-order chi connectivity index (χ0) is 20.2. The molecule has 2 aromatic heterocycles. The van der Waals surface area contributed by atoms with Gasteiger partial charge in [0.2, 0.25) is 0 Å². The Labute approximate surface area is 151 Å². The Bertz CT molecular complexity index is 917. The van der Waals surface area contributed by atoms with E-state index in [2.05, 4.69) is 15.0 Å². The normalized spacial score (nSPS) is 15.1. The molecule has 27 heavy (non-hydrogen) atoms. The molecule has 0 radical (unpaired) electrons. The van der Waals surface area contributed by atoms with E-state index in [0.29, 0.717) is 0 Å². The third-order valence-electron chi connectivity index (χ3n) is 3.24. The van der Waals surface area contributed by atoms with Gasteiger partial charge in [-0.2, -0.15) is 0 Å². The van der Waals surface area contributed by atoms with Gasteiger partial charge in [-0.05, 0) is 0 Å². The molecule has 2 aromatic rings. The molecule has 0 aliphatic heterocycles. The fraction of sp³-hybridized carbons (Fsp3) is 0.545. The summed E-state index contributed by atoms with van der Waals surface area (Å²) >= 11 is 0. The molecular formula is C11H18N4O10P2. The van der Waals surface area contributed by atoms with Gasteiger partial charge in [0.25, 0.3) is 5.56 Å². The lowest BCUT2D eigenvalue weighted by Gasteiger charge is -2.21. The van der Waals surface area contributed by atoms with Crippen molar-refractivity contribution < 1.29 is 43.3 Å².